The van der Waals surface area contributed by atoms with E-state index in [1.807, 2.05) is 39.9 Å². The van der Waals surface area contributed by atoms with Crippen molar-refractivity contribution in [3.05, 3.63) is 54.1 Å². The van der Waals surface area contributed by atoms with Gasteiger partial charge in [-0.1, -0.05) is 18.2 Å². The van der Waals surface area contributed by atoms with Crippen LogP contribution in [0.4, 0.5) is 0 Å². The van der Waals surface area contributed by atoms with Gasteiger partial charge in [-0.2, -0.15) is 5.10 Å². The lowest BCUT2D eigenvalue weighted by Crippen LogP contribution is -2.42. The van der Waals surface area contributed by atoms with Gasteiger partial charge >= 0.3 is 0 Å². The van der Waals surface area contributed by atoms with Crippen molar-refractivity contribution in [1.29, 1.82) is 0 Å². The quantitative estimate of drug-likeness (QED) is 0.694. The first-order valence-corrected chi connectivity index (χ1v) is 10.9. The third-order valence-corrected chi connectivity index (χ3v) is 5.98. The molecule has 0 spiro atoms. The van der Waals surface area contributed by atoms with Crippen molar-refractivity contribution >= 4 is 11.4 Å². The number of carbonyl (C=O) groups is 1. The van der Waals surface area contributed by atoms with Crippen LogP contribution in [-0.4, -0.2) is 50.6 Å². The number of benzene rings is 1. The Morgan fingerprint density at radius 1 is 1.17 bits per heavy atom. The maximum atomic E-state index is 13.5. The number of fused-ring (bicyclic) bond motifs is 1. The van der Waals surface area contributed by atoms with E-state index in [0.717, 1.165) is 48.1 Å². The monoisotopic (exact) mass is 405 g/mol. The van der Waals surface area contributed by atoms with Crippen LogP contribution < -0.4 is 5.32 Å². The predicted octanol–water partition coefficient (Wildman–Crippen LogP) is 4.12. The van der Waals surface area contributed by atoms with Crippen molar-refractivity contribution in [3.63, 3.8) is 0 Å². The molecular formula is C24H31N5O. The largest absolute Gasteiger partial charge is 0.334 e. The molecule has 0 bridgehead atoms. The molecule has 1 fully saturated rings. The van der Waals surface area contributed by atoms with Gasteiger partial charge in [-0.3, -0.25) is 4.79 Å². The van der Waals surface area contributed by atoms with Gasteiger partial charge in [0.1, 0.15) is 6.33 Å². The molecule has 0 aliphatic carbocycles. The Labute approximate surface area is 178 Å². The van der Waals surface area contributed by atoms with E-state index < -0.39 is 0 Å². The number of hydrogen-bond acceptors (Lipinski definition) is 4. The number of amides is 1. The summed E-state index contributed by atoms with van der Waals surface area (Å²) in [5.41, 5.74) is 4.81. The zero-order chi connectivity index (χ0) is 21.3. The Morgan fingerprint density at radius 3 is 2.63 bits per heavy atom. The molecule has 0 saturated carbocycles. The van der Waals surface area contributed by atoms with E-state index in [1.54, 1.807) is 6.33 Å². The van der Waals surface area contributed by atoms with E-state index >= 15 is 0 Å². The van der Waals surface area contributed by atoms with Crippen LogP contribution in [0.2, 0.25) is 0 Å². The van der Waals surface area contributed by atoms with Crippen LogP contribution in [0, 0.1) is 0 Å². The number of hydrogen-bond donors (Lipinski definition) is 1. The van der Waals surface area contributed by atoms with Gasteiger partial charge in [-0.05, 0) is 64.8 Å². The minimum atomic E-state index is 0.0627. The van der Waals surface area contributed by atoms with E-state index in [9.17, 15) is 4.79 Å². The molecule has 1 atom stereocenters. The Bertz CT molecular complexity index is 1030. The second kappa shape index (κ2) is 8.56. The van der Waals surface area contributed by atoms with Gasteiger partial charge in [0.25, 0.3) is 5.91 Å². The van der Waals surface area contributed by atoms with Crippen LogP contribution in [0.1, 0.15) is 62.5 Å². The van der Waals surface area contributed by atoms with Crippen molar-refractivity contribution in [2.24, 2.45) is 0 Å². The zero-order valence-corrected chi connectivity index (χ0v) is 18.3. The van der Waals surface area contributed by atoms with E-state index in [4.69, 9.17) is 0 Å². The Morgan fingerprint density at radius 2 is 1.93 bits per heavy atom. The molecular weight excluding hydrogens is 374 g/mol. The molecule has 3 heterocycles. The first-order chi connectivity index (χ1) is 14.5. The molecule has 30 heavy (non-hydrogen) atoms. The molecule has 1 aliphatic heterocycles. The van der Waals surface area contributed by atoms with Gasteiger partial charge in [0.15, 0.2) is 0 Å². The van der Waals surface area contributed by atoms with Crippen molar-refractivity contribution in [2.75, 3.05) is 13.1 Å². The van der Waals surface area contributed by atoms with Crippen LogP contribution in [-0.2, 0) is 0 Å². The third kappa shape index (κ3) is 3.72. The molecule has 4 rings (SSSR count). The van der Waals surface area contributed by atoms with Gasteiger partial charge in [0.2, 0.25) is 0 Å². The topological polar surface area (TPSA) is 62.5 Å². The standard InChI is InChI=1S/C24H31N5O/c1-16(2)28(17(3)4)24(30)20-10-6-5-9-19(20)21-12-22(18-8-7-11-25-13-18)29-23(21)14-26-15-27-29/h5-6,9-10,12,14-18,25H,7-8,11,13H2,1-4H3. The molecule has 6 nitrogen and oxygen atoms in total. The molecule has 1 N–H and O–H groups in total. The fourth-order valence-corrected chi connectivity index (χ4v) is 4.69. The summed E-state index contributed by atoms with van der Waals surface area (Å²) >= 11 is 0. The van der Waals surface area contributed by atoms with Crippen LogP contribution in [0.5, 0.6) is 0 Å². The van der Waals surface area contributed by atoms with Crippen LogP contribution >= 0.6 is 0 Å². The van der Waals surface area contributed by atoms with Crippen molar-refractivity contribution in [3.8, 4) is 11.1 Å². The number of nitrogens with zero attached hydrogens (tertiary/aromatic N) is 4. The molecule has 1 saturated heterocycles. The maximum Gasteiger partial charge on any atom is 0.254 e. The summed E-state index contributed by atoms with van der Waals surface area (Å²) in [7, 11) is 0. The van der Waals surface area contributed by atoms with E-state index in [0.29, 0.717) is 5.92 Å². The number of nitrogens with one attached hydrogen (secondary N) is 1. The van der Waals surface area contributed by atoms with Gasteiger partial charge in [0.05, 0.1) is 11.7 Å². The molecule has 158 valence electrons. The summed E-state index contributed by atoms with van der Waals surface area (Å²) in [5.74, 6) is 0.466. The average molecular weight is 406 g/mol. The lowest BCUT2D eigenvalue weighted by molar-refractivity contribution is 0.0644. The lowest BCUT2D eigenvalue weighted by Gasteiger charge is -2.31. The molecule has 6 heteroatoms. The highest BCUT2D eigenvalue weighted by molar-refractivity contribution is 6.03. The number of rotatable bonds is 5. The summed E-state index contributed by atoms with van der Waals surface area (Å²) in [5, 5.41) is 8.05. The zero-order valence-electron chi connectivity index (χ0n) is 18.3. The molecule has 2 aromatic heterocycles. The molecule has 0 radical (unpaired) electrons. The number of piperidine rings is 1. The van der Waals surface area contributed by atoms with Crippen molar-refractivity contribution in [1.82, 2.24) is 24.8 Å². The molecule has 1 aliphatic rings. The first-order valence-electron chi connectivity index (χ1n) is 10.9. The summed E-state index contributed by atoms with van der Waals surface area (Å²) in [4.78, 5) is 19.8. The first kappa shape index (κ1) is 20.5. The minimum Gasteiger partial charge on any atom is -0.334 e. The molecule has 3 aromatic rings. The summed E-state index contributed by atoms with van der Waals surface area (Å²) < 4.78 is 2.00. The highest BCUT2D eigenvalue weighted by atomic mass is 16.2. The Kier molecular flexibility index (Phi) is 5.86. The minimum absolute atomic E-state index is 0.0627. The molecule has 1 unspecified atom stereocenters. The summed E-state index contributed by atoms with van der Waals surface area (Å²) in [6, 6.07) is 10.4. The van der Waals surface area contributed by atoms with E-state index in [1.165, 1.54) is 5.69 Å². The van der Waals surface area contributed by atoms with E-state index in [-0.39, 0.29) is 18.0 Å². The summed E-state index contributed by atoms with van der Waals surface area (Å²) in [6.45, 7) is 10.3. The maximum absolute atomic E-state index is 13.5. The third-order valence-electron chi connectivity index (χ3n) is 5.98. The summed E-state index contributed by atoms with van der Waals surface area (Å²) in [6.07, 6.45) is 5.74. The number of carbonyl (C=O) groups excluding carboxylic acids is 1. The van der Waals surface area contributed by atoms with Crippen LogP contribution in [0.15, 0.2) is 42.9 Å². The second-order valence-electron chi connectivity index (χ2n) is 8.68. The lowest BCUT2D eigenvalue weighted by atomic mass is 9.94. The normalized spacial score (nSPS) is 17.1. The Balaban J connectivity index is 1.85. The van der Waals surface area contributed by atoms with Crippen LogP contribution in [0.25, 0.3) is 16.6 Å². The van der Waals surface area contributed by atoms with Crippen LogP contribution in [0.3, 0.4) is 0 Å². The van der Waals surface area contributed by atoms with Gasteiger partial charge in [0, 0.05) is 41.4 Å². The van der Waals surface area contributed by atoms with Gasteiger partial charge in [-0.15, -0.1) is 0 Å². The van der Waals surface area contributed by atoms with Crippen molar-refractivity contribution < 1.29 is 4.79 Å². The highest BCUT2D eigenvalue weighted by Gasteiger charge is 2.27. The van der Waals surface area contributed by atoms with E-state index in [2.05, 4.69) is 49.2 Å². The predicted molar refractivity (Wildman–Crippen MR) is 120 cm³/mol. The second-order valence-corrected chi connectivity index (χ2v) is 8.68. The fraction of sp³-hybridized carbons (Fsp3) is 0.458. The molecule has 1 amide bonds. The highest BCUT2D eigenvalue weighted by Crippen LogP contribution is 2.35. The van der Waals surface area contributed by atoms with Crippen molar-refractivity contribution in [2.45, 2.75) is 58.5 Å². The SMILES string of the molecule is CC(C)N(C(=O)c1ccccc1-c1cc(C2CCCNC2)n2ncncc12)C(C)C. The fourth-order valence-electron chi connectivity index (χ4n) is 4.69. The average Bonchev–Trinajstić information content (AvgIpc) is 3.13. The number of aromatic nitrogens is 3. The Hall–Kier alpha value is -2.73. The smallest absolute Gasteiger partial charge is 0.254 e. The molecule has 1 aromatic carbocycles. The van der Waals surface area contributed by atoms with Gasteiger partial charge in [-0.25, -0.2) is 9.50 Å². The van der Waals surface area contributed by atoms with Gasteiger partial charge < -0.3 is 10.2 Å².